The molecule has 0 aliphatic carbocycles. The SMILES string of the molecule is CC(C)(C)OC(=O)C(C(=O)OC(C)(C)C)c1ccccc1[N+](=O)[O-].CC(C)(C)OC(=O)Cc1ccccc1[N+](=O)[O-]. The molecular formula is C29H38N2O10. The van der Waals surface area contributed by atoms with Crippen LogP contribution in [0.4, 0.5) is 11.4 Å². The van der Waals surface area contributed by atoms with E-state index in [1.807, 2.05) is 0 Å². The Morgan fingerprint density at radius 2 is 1.05 bits per heavy atom. The van der Waals surface area contributed by atoms with Crippen LogP contribution >= 0.6 is 0 Å². The van der Waals surface area contributed by atoms with Crippen molar-refractivity contribution in [2.75, 3.05) is 0 Å². The van der Waals surface area contributed by atoms with E-state index in [0.717, 1.165) is 0 Å². The minimum atomic E-state index is -1.52. The Balaban J connectivity index is 0.000000435. The molecule has 0 aromatic heterocycles. The van der Waals surface area contributed by atoms with Crippen molar-refractivity contribution < 1.29 is 38.4 Å². The predicted molar refractivity (Wildman–Crippen MR) is 150 cm³/mol. The summed E-state index contributed by atoms with van der Waals surface area (Å²) in [5, 5.41) is 22.0. The first-order valence-corrected chi connectivity index (χ1v) is 12.7. The smallest absolute Gasteiger partial charge is 0.325 e. The highest BCUT2D eigenvalue weighted by Gasteiger charge is 2.39. The van der Waals surface area contributed by atoms with E-state index in [0.29, 0.717) is 5.56 Å². The third kappa shape index (κ3) is 12.6. The normalized spacial score (nSPS) is 11.6. The maximum Gasteiger partial charge on any atom is 0.325 e. The van der Waals surface area contributed by atoms with E-state index in [-0.39, 0.29) is 23.4 Å². The van der Waals surface area contributed by atoms with Crippen molar-refractivity contribution in [2.45, 2.75) is 91.5 Å². The highest BCUT2D eigenvalue weighted by molar-refractivity contribution is 6.02. The molecule has 0 heterocycles. The number of carbonyl (C=O) groups excluding carboxylic acids is 3. The number of benzene rings is 2. The second-order valence-corrected chi connectivity index (χ2v) is 12.0. The van der Waals surface area contributed by atoms with Crippen LogP contribution in [0, 0.1) is 20.2 Å². The number of ether oxygens (including phenoxy) is 3. The molecule has 0 bridgehead atoms. The molecule has 0 saturated heterocycles. The molecule has 0 unspecified atom stereocenters. The Kier molecular flexibility index (Phi) is 11.7. The summed E-state index contributed by atoms with van der Waals surface area (Å²) in [6.07, 6.45) is -0.0889. The quantitative estimate of drug-likeness (QED) is 0.129. The first-order valence-electron chi connectivity index (χ1n) is 12.7. The molecule has 0 spiro atoms. The number of nitrogens with zero attached hydrogens (tertiary/aromatic N) is 2. The molecule has 12 heteroatoms. The van der Waals surface area contributed by atoms with Crippen molar-refractivity contribution in [2.24, 2.45) is 0 Å². The van der Waals surface area contributed by atoms with Crippen LogP contribution in [-0.2, 0) is 35.0 Å². The molecule has 2 aromatic rings. The van der Waals surface area contributed by atoms with E-state index in [1.165, 1.54) is 30.3 Å². The Bertz CT molecular complexity index is 1240. The average molecular weight is 575 g/mol. The zero-order valence-corrected chi connectivity index (χ0v) is 24.9. The van der Waals surface area contributed by atoms with Crippen LogP contribution in [0.3, 0.4) is 0 Å². The lowest BCUT2D eigenvalue weighted by molar-refractivity contribution is -0.385. The molecule has 0 radical (unpaired) electrons. The van der Waals surface area contributed by atoms with Crippen molar-refractivity contribution in [3.05, 3.63) is 79.9 Å². The topological polar surface area (TPSA) is 165 Å². The molecule has 0 aliphatic rings. The van der Waals surface area contributed by atoms with Gasteiger partial charge in [-0.1, -0.05) is 36.4 Å². The van der Waals surface area contributed by atoms with Gasteiger partial charge in [0, 0.05) is 17.7 Å². The number of para-hydroxylation sites is 2. The van der Waals surface area contributed by atoms with Crippen LogP contribution in [0.25, 0.3) is 0 Å². The average Bonchev–Trinajstić information content (AvgIpc) is 2.76. The van der Waals surface area contributed by atoms with Gasteiger partial charge in [-0.2, -0.15) is 0 Å². The molecule has 0 fully saturated rings. The number of nitro groups is 2. The molecule has 224 valence electrons. The van der Waals surface area contributed by atoms with Crippen LogP contribution in [0.5, 0.6) is 0 Å². The summed E-state index contributed by atoms with van der Waals surface area (Å²) in [6.45, 7) is 15.2. The molecule has 0 atom stereocenters. The molecular weight excluding hydrogens is 536 g/mol. The van der Waals surface area contributed by atoms with Crippen molar-refractivity contribution in [3.63, 3.8) is 0 Å². The number of hydrogen-bond donors (Lipinski definition) is 0. The number of carbonyl (C=O) groups is 3. The van der Waals surface area contributed by atoms with Gasteiger partial charge in [-0.05, 0) is 62.3 Å². The van der Waals surface area contributed by atoms with Gasteiger partial charge < -0.3 is 14.2 Å². The second-order valence-electron chi connectivity index (χ2n) is 12.0. The van der Waals surface area contributed by atoms with E-state index < -0.39 is 50.5 Å². The molecule has 12 nitrogen and oxygen atoms in total. The van der Waals surface area contributed by atoms with E-state index >= 15 is 0 Å². The van der Waals surface area contributed by atoms with Crippen LogP contribution in [0.1, 0.15) is 79.4 Å². The maximum atomic E-state index is 12.5. The summed E-state index contributed by atoms with van der Waals surface area (Å²) < 4.78 is 15.6. The van der Waals surface area contributed by atoms with Crippen LogP contribution in [0.15, 0.2) is 48.5 Å². The van der Waals surface area contributed by atoms with Gasteiger partial charge in [-0.15, -0.1) is 0 Å². The van der Waals surface area contributed by atoms with Gasteiger partial charge >= 0.3 is 17.9 Å². The predicted octanol–water partition coefficient (Wildman–Crippen LogP) is 5.84. The lowest BCUT2D eigenvalue weighted by Gasteiger charge is -2.26. The Morgan fingerprint density at radius 3 is 1.46 bits per heavy atom. The second kappa shape index (κ2) is 13.8. The molecule has 0 saturated carbocycles. The van der Waals surface area contributed by atoms with E-state index in [9.17, 15) is 34.6 Å². The number of nitro benzene ring substituents is 2. The summed E-state index contributed by atoms with van der Waals surface area (Å²) in [4.78, 5) is 57.4. The van der Waals surface area contributed by atoms with Gasteiger partial charge in [-0.25, -0.2) is 0 Å². The van der Waals surface area contributed by atoms with E-state index in [2.05, 4.69) is 0 Å². The van der Waals surface area contributed by atoms with Crippen LogP contribution in [-0.4, -0.2) is 44.6 Å². The number of esters is 3. The lowest BCUT2D eigenvalue weighted by Crippen LogP contribution is -2.35. The Morgan fingerprint density at radius 1 is 0.659 bits per heavy atom. The summed E-state index contributed by atoms with van der Waals surface area (Å²) >= 11 is 0. The van der Waals surface area contributed by atoms with Gasteiger partial charge in [-0.3, -0.25) is 34.6 Å². The van der Waals surface area contributed by atoms with E-state index in [1.54, 1.807) is 80.5 Å². The minimum Gasteiger partial charge on any atom is -0.460 e. The molecule has 0 amide bonds. The third-order valence-electron chi connectivity index (χ3n) is 4.67. The molecule has 2 aromatic carbocycles. The lowest BCUT2D eigenvalue weighted by atomic mass is 9.96. The Hall–Kier alpha value is -4.35. The van der Waals surface area contributed by atoms with Crippen molar-refractivity contribution in [1.29, 1.82) is 0 Å². The van der Waals surface area contributed by atoms with Crippen molar-refractivity contribution in [1.82, 2.24) is 0 Å². The minimum absolute atomic E-state index is 0.0500. The fraction of sp³-hybridized carbons (Fsp3) is 0.483. The van der Waals surface area contributed by atoms with Crippen molar-refractivity contribution >= 4 is 29.3 Å². The maximum absolute atomic E-state index is 12.5. The highest BCUT2D eigenvalue weighted by Crippen LogP contribution is 2.31. The fourth-order valence-corrected chi connectivity index (χ4v) is 3.34. The highest BCUT2D eigenvalue weighted by atomic mass is 16.6. The van der Waals surface area contributed by atoms with Gasteiger partial charge in [0.15, 0.2) is 5.92 Å². The molecule has 0 aliphatic heterocycles. The summed E-state index contributed by atoms with van der Waals surface area (Å²) in [7, 11) is 0. The van der Waals surface area contributed by atoms with Crippen LogP contribution in [0.2, 0.25) is 0 Å². The van der Waals surface area contributed by atoms with Gasteiger partial charge in [0.25, 0.3) is 11.4 Å². The molecule has 2 rings (SSSR count). The summed E-state index contributed by atoms with van der Waals surface area (Å²) in [6, 6.07) is 11.7. The molecule has 41 heavy (non-hydrogen) atoms. The van der Waals surface area contributed by atoms with Crippen LogP contribution < -0.4 is 0 Å². The van der Waals surface area contributed by atoms with E-state index in [4.69, 9.17) is 14.2 Å². The van der Waals surface area contributed by atoms with Gasteiger partial charge in [0.2, 0.25) is 0 Å². The Labute approximate surface area is 239 Å². The van der Waals surface area contributed by atoms with Gasteiger partial charge in [0.1, 0.15) is 16.8 Å². The van der Waals surface area contributed by atoms with Crippen molar-refractivity contribution in [3.8, 4) is 0 Å². The summed E-state index contributed by atoms with van der Waals surface area (Å²) in [5.74, 6) is -3.76. The zero-order valence-electron chi connectivity index (χ0n) is 24.9. The first-order chi connectivity index (χ1) is 18.6. The molecule has 0 N–H and O–H groups in total. The fourth-order valence-electron chi connectivity index (χ4n) is 3.34. The largest absolute Gasteiger partial charge is 0.460 e. The monoisotopic (exact) mass is 574 g/mol. The third-order valence-corrected chi connectivity index (χ3v) is 4.67. The first kappa shape index (κ1) is 34.7. The van der Waals surface area contributed by atoms with Gasteiger partial charge in [0.05, 0.1) is 21.8 Å². The number of rotatable bonds is 7. The number of hydrogen-bond acceptors (Lipinski definition) is 10. The zero-order chi connectivity index (χ0) is 31.8. The summed E-state index contributed by atoms with van der Waals surface area (Å²) in [5.41, 5.74) is -2.35. The standard InChI is InChI=1S/C17H23NO6.C12H15NO4/c1-16(2,3)23-14(19)13(15(20)24-17(4,5)6)11-9-7-8-10-12(11)18(21)22;1-12(2,3)17-11(14)8-9-6-4-5-7-10(9)13(15)16/h7-10,13H,1-6H3;4-7H,8H2,1-3H3.